The quantitative estimate of drug-likeness (QED) is 0.845. The molecule has 0 saturated heterocycles. The summed E-state index contributed by atoms with van der Waals surface area (Å²) in [5.74, 6) is -0.737. The van der Waals surface area contributed by atoms with E-state index in [-0.39, 0.29) is 0 Å². The van der Waals surface area contributed by atoms with Gasteiger partial charge in [-0.1, -0.05) is 33.6 Å². The zero-order valence-corrected chi connectivity index (χ0v) is 9.67. The summed E-state index contributed by atoms with van der Waals surface area (Å²) < 4.78 is 4.98. The van der Waals surface area contributed by atoms with Gasteiger partial charge in [-0.2, -0.15) is 0 Å². The van der Waals surface area contributed by atoms with Gasteiger partial charge in [-0.3, -0.25) is 0 Å². The zero-order valence-electron chi connectivity index (χ0n) is 7.33. The van der Waals surface area contributed by atoms with Gasteiger partial charge in [0.1, 0.15) is 0 Å². The molecule has 0 aromatic heterocycles. The van der Waals surface area contributed by atoms with Crippen LogP contribution in [0.1, 0.15) is 11.7 Å². The molecule has 3 nitrogen and oxygen atoms in total. The molecule has 0 aliphatic rings. The summed E-state index contributed by atoms with van der Waals surface area (Å²) in [4.78, 5) is 11.1. The van der Waals surface area contributed by atoms with Crippen molar-refractivity contribution >= 4 is 33.5 Å². The van der Waals surface area contributed by atoms with Gasteiger partial charge in [0, 0.05) is 15.1 Å². The molecule has 1 atom stereocenters. The van der Waals surface area contributed by atoms with Crippen molar-refractivity contribution in [1.29, 1.82) is 0 Å². The second-order valence-electron chi connectivity index (χ2n) is 2.56. The van der Waals surface area contributed by atoms with Crippen molar-refractivity contribution in [3.63, 3.8) is 0 Å². The summed E-state index contributed by atoms with van der Waals surface area (Å²) in [6.07, 6.45) is -1.36. The van der Waals surface area contributed by atoms with Gasteiger partial charge in [-0.05, 0) is 12.1 Å². The normalized spacial score (nSPS) is 12.3. The summed E-state index contributed by atoms with van der Waals surface area (Å²) in [6.45, 7) is 0. The van der Waals surface area contributed by atoms with E-state index < -0.39 is 12.1 Å². The van der Waals surface area contributed by atoms with Crippen molar-refractivity contribution in [2.75, 3.05) is 7.11 Å². The molecule has 0 radical (unpaired) electrons. The van der Waals surface area contributed by atoms with Crippen LogP contribution in [0.4, 0.5) is 0 Å². The van der Waals surface area contributed by atoms with E-state index in [1.807, 2.05) is 0 Å². The van der Waals surface area contributed by atoms with E-state index in [1.165, 1.54) is 7.11 Å². The lowest BCUT2D eigenvalue weighted by molar-refractivity contribution is -0.150. The maximum Gasteiger partial charge on any atom is 0.339 e. The summed E-state index contributed by atoms with van der Waals surface area (Å²) in [6, 6.07) is 4.99. The molecule has 0 saturated carbocycles. The SMILES string of the molecule is COC(=O)C(O)c1c(Cl)cccc1Br. The number of esters is 1. The maximum atomic E-state index is 11.1. The Morgan fingerprint density at radius 1 is 1.64 bits per heavy atom. The van der Waals surface area contributed by atoms with E-state index in [9.17, 15) is 9.90 Å². The smallest absolute Gasteiger partial charge is 0.339 e. The molecule has 0 bridgehead atoms. The van der Waals surface area contributed by atoms with Crippen molar-refractivity contribution in [2.45, 2.75) is 6.10 Å². The highest BCUT2D eigenvalue weighted by Crippen LogP contribution is 2.30. The number of methoxy groups -OCH3 is 1. The third kappa shape index (κ3) is 2.26. The molecular formula is C9H8BrClO3. The Kier molecular flexibility index (Phi) is 3.92. The molecule has 1 N–H and O–H groups in total. The van der Waals surface area contributed by atoms with E-state index >= 15 is 0 Å². The van der Waals surface area contributed by atoms with Crippen LogP contribution in [-0.4, -0.2) is 18.2 Å². The monoisotopic (exact) mass is 278 g/mol. The summed E-state index contributed by atoms with van der Waals surface area (Å²) >= 11 is 9.02. The van der Waals surface area contributed by atoms with Gasteiger partial charge in [0.05, 0.1) is 7.11 Å². The van der Waals surface area contributed by atoms with Crippen molar-refractivity contribution in [1.82, 2.24) is 0 Å². The zero-order chi connectivity index (χ0) is 10.7. The fourth-order valence-electron chi connectivity index (χ4n) is 1.00. The molecule has 5 heteroatoms. The molecule has 1 unspecified atom stereocenters. The van der Waals surface area contributed by atoms with Crippen LogP contribution in [0.5, 0.6) is 0 Å². The number of hydrogen-bond donors (Lipinski definition) is 1. The highest BCUT2D eigenvalue weighted by Gasteiger charge is 2.22. The van der Waals surface area contributed by atoms with E-state index in [0.717, 1.165) is 0 Å². The van der Waals surface area contributed by atoms with Crippen LogP contribution < -0.4 is 0 Å². The minimum atomic E-state index is -1.36. The van der Waals surface area contributed by atoms with Gasteiger partial charge >= 0.3 is 5.97 Å². The van der Waals surface area contributed by atoms with Gasteiger partial charge in [-0.15, -0.1) is 0 Å². The molecule has 1 aromatic rings. The van der Waals surface area contributed by atoms with Crippen molar-refractivity contribution in [3.05, 3.63) is 33.3 Å². The molecule has 0 spiro atoms. The van der Waals surface area contributed by atoms with E-state index in [1.54, 1.807) is 18.2 Å². The summed E-state index contributed by atoms with van der Waals surface area (Å²) in [7, 11) is 1.20. The maximum absolute atomic E-state index is 11.1. The highest BCUT2D eigenvalue weighted by atomic mass is 79.9. The Hall–Kier alpha value is -0.580. The Morgan fingerprint density at radius 3 is 2.79 bits per heavy atom. The molecule has 1 rings (SSSR count). The van der Waals surface area contributed by atoms with Gasteiger partial charge in [0.15, 0.2) is 6.10 Å². The third-order valence-corrected chi connectivity index (χ3v) is 2.72. The average Bonchev–Trinajstić information content (AvgIpc) is 2.16. The van der Waals surface area contributed by atoms with E-state index in [2.05, 4.69) is 20.7 Å². The third-order valence-electron chi connectivity index (χ3n) is 1.70. The predicted molar refractivity (Wildman–Crippen MR) is 56.1 cm³/mol. The highest BCUT2D eigenvalue weighted by molar-refractivity contribution is 9.10. The number of hydrogen-bond acceptors (Lipinski definition) is 3. The number of carbonyl (C=O) groups excluding carboxylic acids is 1. The predicted octanol–water partition coefficient (Wildman–Crippen LogP) is 2.31. The number of benzene rings is 1. The largest absolute Gasteiger partial charge is 0.467 e. The molecule has 76 valence electrons. The van der Waals surface area contributed by atoms with E-state index in [4.69, 9.17) is 11.6 Å². The average molecular weight is 280 g/mol. The number of carbonyl (C=O) groups is 1. The van der Waals surface area contributed by atoms with Crippen LogP contribution in [0.15, 0.2) is 22.7 Å². The van der Waals surface area contributed by atoms with Crippen LogP contribution in [0.25, 0.3) is 0 Å². The fourth-order valence-corrected chi connectivity index (χ4v) is 1.98. The van der Waals surface area contributed by atoms with Gasteiger partial charge in [0.2, 0.25) is 0 Å². The first-order chi connectivity index (χ1) is 6.57. The minimum absolute atomic E-state index is 0.317. The fraction of sp³-hybridized carbons (Fsp3) is 0.222. The molecule has 0 amide bonds. The second kappa shape index (κ2) is 4.77. The first kappa shape index (κ1) is 11.5. The molecule has 0 fully saturated rings. The number of aliphatic hydroxyl groups is 1. The first-order valence-corrected chi connectivity index (χ1v) is 4.94. The Bertz CT molecular complexity index is 334. The molecule has 0 heterocycles. The molecule has 0 aliphatic heterocycles. The minimum Gasteiger partial charge on any atom is -0.467 e. The number of rotatable bonds is 2. The Morgan fingerprint density at radius 2 is 2.29 bits per heavy atom. The standard InChI is InChI=1S/C9H8BrClO3/c1-14-9(13)8(12)7-5(10)3-2-4-6(7)11/h2-4,8,12H,1H3. The Balaban J connectivity index is 3.11. The van der Waals surface area contributed by atoms with Crippen LogP contribution in [-0.2, 0) is 9.53 Å². The van der Waals surface area contributed by atoms with Gasteiger partial charge < -0.3 is 9.84 Å². The molecule has 1 aromatic carbocycles. The van der Waals surface area contributed by atoms with Crippen LogP contribution in [0.2, 0.25) is 5.02 Å². The van der Waals surface area contributed by atoms with Crippen LogP contribution in [0.3, 0.4) is 0 Å². The lowest BCUT2D eigenvalue weighted by atomic mass is 10.1. The van der Waals surface area contributed by atoms with E-state index in [0.29, 0.717) is 15.1 Å². The number of ether oxygens (including phenoxy) is 1. The van der Waals surface area contributed by atoms with Crippen molar-refractivity contribution < 1.29 is 14.6 Å². The van der Waals surface area contributed by atoms with Gasteiger partial charge in [-0.25, -0.2) is 4.79 Å². The van der Waals surface area contributed by atoms with Crippen molar-refractivity contribution in [2.24, 2.45) is 0 Å². The first-order valence-electron chi connectivity index (χ1n) is 3.77. The number of halogens is 2. The van der Waals surface area contributed by atoms with Crippen LogP contribution >= 0.6 is 27.5 Å². The summed E-state index contributed by atoms with van der Waals surface area (Å²) in [5.41, 5.74) is 0.320. The summed E-state index contributed by atoms with van der Waals surface area (Å²) in [5, 5.41) is 9.88. The topological polar surface area (TPSA) is 46.5 Å². The molecular weight excluding hydrogens is 271 g/mol. The van der Waals surface area contributed by atoms with Crippen molar-refractivity contribution in [3.8, 4) is 0 Å². The Labute approximate surface area is 94.8 Å². The molecule has 14 heavy (non-hydrogen) atoms. The molecule has 0 aliphatic carbocycles. The second-order valence-corrected chi connectivity index (χ2v) is 3.82. The lowest BCUT2D eigenvalue weighted by Gasteiger charge is -2.11. The van der Waals surface area contributed by atoms with Gasteiger partial charge in [0.25, 0.3) is 0 Å². The number of aliphatic hydroxyl groups excluding tert-OH is 1. The lowest BCUT2D eigenvalue weighted by Crippen LogP contribution is -2.14. The van der Waals surface area contributed by atoms with Crippen LogP contribution in [0, 0.1) is 0 Å².